The van der Waals surface area contributed by atoms with Crippen LogP contribution in [0.2, 0.25) is 0 Å². The summed E-state index contributed by atoms with van der Waals surface area (Å²) in [6, 6.07) is 0. The van der Waals surface area contributed by atoms with Crippen LogP contribution in [0.5, 0.6) is 0 Å². The van der Waals surface area contributed by atoms with Crippen molar-refractivity contribution in [3.63, 3.8) is 0 Å². The van der Waals surface area contributed by atoms with E-state index in [4.69, 9.17) is 15.3 Å². The lowest BCUT2D eigenvalue weighted by molar-refractivity contribution is 0.00304. The molecule has 0 amide bonds. The van der Waals surface area contributed by atoms with Crippen LogP contribution in [0, 0.1) is 5.41 Å². The van der Waals surface area contributed by atoms with Gasteiger partial charge in [-0.3, -0.25) is 0 Å². The van der Waals surface area contributed by atoms with Crippen LogP contribution in [0.25, 0.3) is 0 Å². The predicted octanol–water partition coefficient (Wildman–Crippen LogP) is -1.13. The van der Waals surface area contributed by atoms with E-state index in [9.17, 15) is 0 Å². The molecule has 0 aliphatic heterocycles. The van der Waals surface area contributed by atoms with Crippen molar-refractivity contribution in [2.45, 2.75) is 13.3 Å². The quantitative estimate of drug-likeness (QED) is 0.386. The molecule has 0 saturated heterocycles. The number of hydrogen-bond acceptors (Lipinski definition) is 6. The zero-order chi connectivity index (χ0) is 15.4. The maximum Gasteiger partial charge on any atom is 0.0531 e. The van der Waals surface area contributed by atoms with Crippen molar-refractivity contribution in [1.29, 1.82) is 0 Å². The Labute approximate surface area is 113 Å². The van der Waals surface area contributed by atoms with Crippen LogP contribution in [0.3, 0.4) is 0 Å². The van der Waals surface area contributed by atoms with E-state index in [0.29, 0.717) is 6.42 Å². The summed E-state index contributed by atoms with van der Waals surface area (Å²) in [5, 5.41) is 34.2. The molecule has 0 aromatic heterocycles. The van der Waals surface area contributed by atoms with E-state index in [2.05, 4.69) is 16.0 Å². The van der Waals surface area contributed by atoms with E-state index in [-0.39, 0.29) is 19.8 Å². The number of aliphatic hydroxyl groups is 3. The third kappa shape index (κ3) is 24.8. The van der Waals surface area contributed by atoms with Gasteiger partial charge in [-0.2, -0.15) is 0 Å². The zero-order valence-corrected chi connectivity index (χ0v) is 13.2. The Bertz CT molecular complexity index is 90.5. The molecule has 0 rings (SSSR count). The first-order valence-electron chi connectivity index (χ1n) is 6.07. The predicted molar refractivity (Wildman–Crippen MR) is 78.9 cm³/mol. The molecule has 0 aliphatic rings. The van der Waals surface area contributed by atoms with Gasteiger partial charge in [0.05, 0.1) is 19.8 Å². The Morgan fingerprint density at radius 2 is 0.833 bits per heavy atom. The third-order valence-corrected chi connectivity index (χ3v) is 1.76. The van der Waals surface area contributed by atoms with E-state index in [0.717, 1.165) is 0 Å². The zero-order valence-electron chi connectivity index (χ0n) is 13.2. The van der Waals surface area contributed by atoms with Crippen molar-refractivity contribution in [3.05, 3.63) is 0 Å². The van der Waals surface area contributed by atoms with Gasteiger partial charge in [0.2, 0.25) is 0 Å². The summed E-state index contributed by atoms with van der Waals surface area (Å²) in [5.41, 5.74) is -0.667. The van der Waals surface area contributed by atoms with Crippen LogP contribution in [0.1, 0.15) is 13.3 Å². The van der Waals surface area contributed by atoms with E-state index in [1.807, 2.05) is 49.2 Å². The fourth-order valence-corrected chi connectivity index (χ4v) is 0.485. The Kier molecular flexibility index (Phi) is 37.4. The van der Waals surface area contributed by atoms with Gasteiger partial charge in [-0.1, -0.05) is 6.92 Å². The second-order valence-corrected chi connectivity index (χ2v) is 3.83. The number of rotatable bonds is 4. The van der Waals surface area contributed by atoms with Crippen molar-refractivity contribution in [3.8, 4) is 0 Å². The van der Waals surface area contributed by atoms with Crippen molar-refractivity contribution in [1.82, 2.24) is 16.0 Å². The molecule has 6 N–H and O–H groups in total. The highest BCUT2D eigenvalue weighted by atomic mass is 16.3. The van der Waals surface area contributed by atoms with Crippen molar-refractivity contribution in [2.75, 3.05) is 62.1 Å². The van der Waals surface area contributed by atoms with Crippen LogP contribution in [-0.2, 0) is 0 Å². The van der Waals surface area contributed by atoms with Crippen molar-refractivity contribution >= 4 is 0 Å². The van der Waals surface area contributed by atoms with Gasteiger partial charge in [-0.25, -0.2) is 0 Å². The average Bonchev–Trinajstić information content (AvgIpc) is 2.36. The van der Waals surface area contributed by atoms with Crippen molar-refractivity contribution in [2.24, 2.45) is 5.41 Å². The van der Waals surface area contributed by atoms with Crippen molar-refractivity contribution < 1.29 is 15.3 Å². The highest BCUT2D eigenvalue weighted by Gasteiger charge is 2.24. The molecule has 116 valence electrons. The molecule has 0 fully saturated rings. The highest BCUT2D eigenvalue weighted by Crippen LogP contribution is 2.18. The minimum Gasteiger partial charge on any atom is -0.396 e. The summed E-state index contributed by atoms with van der Waals surface area (Å²) in [4.78, 5) is 0. The summed E-state index contributed by atoms with van der Waals surface area (Å²) in [5.74, 6) is 0. The first-order valence-corrected chi connectivity index (χ1v) is 6.07. The van der Waals surface area contributed by atoms with E-state index < -0.39 is 5.41 Å². The monoisotopic (exact) mass is 269 g/mol. The standard InChI is InChI=1S/C6H14O3.3C2H7N/c1-2-6(3-7,4-8)5-9;3*1-3-2/h7-9H,2-5H2,1H3;3*3H,1-2H3. The van der Waals surface area contributed by atoms with Crippen LogP contribution in [-0.4, -0.2) is 77.4 Å². The van der Waals surface area contributed by atoms with Gasteiger partial charge in [0.1, 0.15) is 0 Å². The van der Waals surface area contributed by atoms with Gasteiger partial charge in [0.15, 0.2) is 0 Å². The van der Waals surface area contributed by atoms with Gasteiger partial charge in [-0.15, -0.1) is 0 Å². The topological polar surface area (TPSA) is 96.8 Å². The summed E-state index contributed by atoms with van der Waals surface area (Å²) in [6.45, 7) is 1.35. The molecule has 0 spiro atoms. The molecule has 0 radical (unpaired) electrons. The first-order chi connectivity index (χ1) is 8.49. The normalized spacial score (nSPS) is 9.00. The molecule has 0 aromatic rings. The average molecular weight is 269 g/mol. The largest absolute Gasteiger partial charge is 0.396 e. The lowest BCUT2D eigenvalue weighted by Crippen LogP contribution is -2.32. The molecule has 0 heterocycles. The van der Waals surface area contributed by atoms with Gasteiger partial charge in [0, 0.05) is 5.41 Å². The maximum atomic E-state index is 8.66. The number of aliphatic hydroxyl groups excluding tert-OH is 3. The van der Waals surface area contributed by atoms with E-state index >= 15 is 0 Å². The van der Waals surface area contributed by atoms with Gasteiger partial charge >= 0.3 is 0 Å². The summed E-state index contributed by atoms with van der Waals surface area (Å²) >= 11 is 0. The van der Waals surface area contributed by atoms with Crippen LogP contribution in [0.4, 0.5) is 0 Å². The molecule has 0 aromatic carbocycles. The molecule has 0 saturated carbocycles. The summed E-state index contributed by atoms with van der Waals surface area (Å²) in [7, 11) is 11.2. The second-order valence-electron chi connectivity index (χ2n) is 3.83. The molecule has 0 aliphatic carbocycles. The Morgan fingerprint density at radius 1 is 0.667 bits per heavy atom. The lowest BCUT2D eigenvalue weighted by Gasteiger charge is -2.24. The van der Waals surface area contributed by atoms with Gasteiger partial charge in [0.25, 0.3) is 0 Å². The highest BCUT2D eigenvalue weighted by molar-refractivity contribution is 4.74. The molecule has 0 atom stereocenters. The van der Waals surface area contributed by atoms with Crippen LogP contribution >= 0.6 is 0 Å². The fraction of sp³-hybridized carbons (Fsp3) is 1.00. The SMILES string of the molecule is CCC(CO)(CO)CO.CNC.CNC.CNC. The van der Waals surface area contributed by atoms with E-state index in [1.165, 1.54) is 0 Å². The molecule has 0 bridgehead atoms. The molecule has 18 heavy (non-hydrogen) atoms. The molecule has 6 nitrogen and oxygen atoms in total. The summed E-state index contributed by atoms with van der Waals surface area (Å²) < 4.78 is 0. The smallest absolute Gasteiger partial charge is 0.0531 e. The number of nitrogens with one attached hydrogen (secondary N) is 3. The molecular weight excluding hydrogens is 234 g/mol. The molecule has 6 heteroatoms. The van der Waals surface area contributed by atoms with Gasteiger partial charge < -0.3 is 31.3 Å². The molecular formula is C12H35N3O3. The second kappa shape index (κ2) is 25.6. The number of hydrogen-bond donors (Lipinski definition) is 6. The molecule has 0 unspecified atom stereocenters. The minimum absolute atomic E-state index is 0.156. The maximum absolute atomic E-state index is 8.66. The van der Waals surface area contributed by atoms with Crippen LogP contribution in [0.15, 0.2) is 0 Å². The van der Waals surface area contributed by atoms with E-state index in [1.54, 1.807) is 0 Å². The lowest BCUT2D eigenvalue weighted by atomic mass is 9.88. The third-order valence-electron chi connectivity index (χ3n) is 1.76. The fourth-order valence-electron chi connectivity index (χ4n) is 0.485. The Balaban J connectivity index is -0.0000000902. The Hall–Kier alpha value is -0.240. The van der Waals surface area contributed by atoms with Gasteiger partial charge in [-0.05, 0) is 48.7 Å². The summed E-state index contributed by atoms with van der Waals surface area (Å²) in [6.07, 6.45) is 0.594. The minimum atomic E-state index is -0.667. The van der Waals surface area contributed by atoms with Crippen LogP contribution < -0.4 is 16.0 Å². The first kappa shape index (κ1) is 26.3. The Morgan fingerprint density at radius 3 is 0.833 bits per heavy atom.